The van der Waals surface area contributed by atoms with Crippen LogP contribution in [-0.4, -0.2) is 16.1 Å². The molecule has 0 saturated carbocycles. The number of nitrogens with zero attached hydrogens (tertiary/aromatic N) is 2. The van der Waals surface area contributed by atoms with Crippen molar-refractivity contribution in [2.75, 3.05) is 0 Å². The third kappa shape index (κ3) is 2.09. The minimum atomic E-state index is 0.146. The fraction of sp³-hybridized carbons (Fsp3) is 0.231. The molecule has 0 spiro atoms. The van der Waals surface area contributed by atoms with Crippen molar-refractivity contribution >= 4 is 22.4 Å². The number of hydrogen-bond acceptors (Lipinski definition) is 5. The molecular weight excluding hydrogens is 248 g/mol. The van der Waals surface area contributed by atoms with Gasteiger partial charge in [0, 0.05) is 17.6 Å². The van der Waals surface area contributed by atoms with E-state index in [0.717, 1.165) is 21.9 Å². The highest BCUT2D eigenvalue weighted by Gasteiger charge is 2.11. The van der Waals surface area contributed by atoms with Gasteiger partial charge >= 0.3 is 0 Å². The summed E-state index contributed by atoms with van der Waals surface area (Å²) in [5, 5.41) is 2.69. The second-order valence-corrected chi connectivity index (χ2v) is 5.05. The van der Waals surface area contributed by atoms with Gasteiger partial charge in [-0.15, -0.1) is 11.3 Å². The Morgan fingerprint density at radius 1 is 1.33 bits per heavy atom. The molecule has 2 heterocycles. The lowest BCUT2D eigenvalue weighted by atomic mass is 10.3. The molecule has 0 aliphatic rings. The van der Waals surface area contributed by atoms with Gasteiger partial charge in [-0.2, -0.15) is 0 Å². The van der Waals surface area contributed by atoms with Gasteiger partial charge in [0.1, 0.15) is 11.3 Å². The molecule has 2 aromatic heterocycles. The summed E-state index contributed by atoms with van der Waals surface area (Å²) in [7, 11) is 0. The molecule has 0 unspecified atom stereocenters. The Balaban J connectivity index is 2.02. The van der Waals surface area contributed by atoms with Crippen LogP contribution in [-0.2, 0) is 0 Å². The number of oxazole rings is 1. The molecule has 1 aromatic carbocycles. The van der Waals surface area contributed by atoms with E-state index in [-0.39, 0.29) is 6.10 Å². The van der Waals surface area contributed by atoms with E-state index < -0.39 is 0 Å². The fourth-order valence-electron chi connectivity index (χ4n) is 1.67. The average Bonchev–Trinajstić information content (AvgIpc) is 2.95. The maximum Gasteiger partial charge on any atom is 0.256 e. The quantitative estimate of drug-likeness (QED) is 0.719. The average molecular weight is 260 g/mol. The van der Waals surface area contributed by atoms with Crippen LogP contribution in [0.2, 0.25) is 0 Å². The molecule has 0 amide bonds. The van der Waals surface area contributed by atoms with E-state index in [2.05, 4.69) is 9.97 Å². The van der Waals surface area contributed by atoms with Crippen molar-refractivity contribution in [1.29, 1.82) is 0 Å². The fourth-order valence-corrected chi connectivity index (χ4v) is 2.23. The van der Waals surface area contributed by atoms with E-state index in [0.29, 0.717) is 5.89 Å². The highest BCUT2D eigenvalue weighted by Crippen LogP contribution is 2.28. The van der Waals surface area contributed by atoms with Crippen molar-refractivity contribution in [2.45, 2.75) is 20.0 Å². The molecule has 92 valence electrons. The molecule has 0 aliphatic heterocycles. The summed E-state index contributed by atoms with van der Waals surface area (Å²) in [6.45, 7) is 3.99. The number of hydrogen-bond donors (Lipinski definition) is 0. The minimum absolute atomic E-state index is 0.146. The van der Waals surface area contributed by atoms with Gasteiger partial charge in [0.05, 0.1) is 6.10 Å². The van der Waals surface area contributed by atoms with Crippen LogP contribution in [0.15, 0.2) is 34.2 Å². The van der Waals surface area contributed by atoms with E-state index in [9.17, 15) is 0 Å². The van der Waals surface area contributed by atoms with Gasteiger partial charge in [-0.3, -0.25) is 0 Å². The number of ether oxygens (including phenoxy) is 1. The van der Waals surface area contributed by atoms with Crippen molar-refractivity contribution < 1.29 is 9.15 Å². The first-order valence-electron chi connectivity index (χ1n) is 5.69. The SMILES string of the molecule is CC(C)Oc1ccc2oc(-c3nccs3)nc2c1. The summed E-state index contributed by atoms with van der Waals surface area (Å²) in [6, 6.07) is 5.65. The van der Waals surface area contributed by atoms with Gasteiger partial charge in [0.15, 0.2) is 10.6 Å². The molecule has 0 radical (unpaired) electrons. The predicted molar refractivity (Wildman–Crippen MR) is 70.9 cm³/mol. The molecule has 18 heavy (non-hydrogen) atoms. The van der Waals surface area contributed by atoms with E-state index in [1.165, 1.54) is 11.3 Å². The summed E-state index contributed by atoms with van der Waals surface area (Å²) in [5.74, 6) is 1.36. The monoisotopic (exact) mass is 260 g/mol. The predicted octanol–water partition coefficient (Wildman–Crippen LogP) is 3.74. The molecule has 0 aliphatic carbocycles. The van der Waals surface area contributed by atoms with Crippen molar-refractivity contribution in [3.05, 3.63) is 29.8 Å². The number of aromatic nitrogens is 2. The zero-order valence-electron chi connectivity index (χ0n) is 10.1. The van der Waals surface area contributed by atoms with E-state index in [4.69, 9.17) is 9.15 Å². The molecule has 0 N–H and O–H groups in total. The van der Waals surface area contributed by atoms with Crippen LogP contribution in [0, 0.1) is 0 Å². The molecule has 0 saturated heterocycles. The van der Waals surface area contributed by atoms with E-state index >= 15 is 0 Å². The first-order chi connectivity index (χ1) is 8.72. The lowest BCUT2D eigenvalue weighted by molar-refractivity contribution is 0.242. The van der Waals surface area contributed by atoms with Crippen molar-refractivity contribution in [3.63, 3.8) is 0 Å². The molecule has 5 heteroatoms. The number of fused-ring (bicyclic) bond motifs is 1. The normalized spacial score (nSPS) is 11.3. The molecule has 0 fully saturated rings. The summed E-state index contributed by atoms with van der Waals surface area (Å²) in [4.78, 5) is 8.61. The standard InChI is InChI=1S/C13H12N2O2S/c1-8(2)16-9-3-4-11-10(7-9)15-12(17-11)13-14-5-6-18-13/h3-8H,1-2H3. The van der Waals surface area contributed by atoms with E-state index in [1.54, 1.807) is 6.20 Å². The number of thiazole rings is 1. The van der Waals surface area contributed by atoms with Gasteiger partial charge in [0.25, 0.3) is 5.89 Å². The summed E-state index contributed by atoms with van der Waals surface area (Å²) in [5.41, 5.74) is 1.54. The maximum atomic E-state index is 5.65. The minimum Gasteiger partial charge on any atom is -0.491 e. The lowest BCUT2D eigenvalue weighted by Crippen LogP contribution is -2.05. The van der Waals surface area contributed by atoms with Crippen LogP contribution in [0.25, 0.3) is 22.0 Å². The lowest BCUT2D eigenvalue weighted by Gasteiger charge is -2.08. The second kappa shape index (κ2) is 4.42. The van der Waals surface area contributed by atoms with Crippen LogP contribution in [0.1, 0.15) is 13.8 Å². The van der Waals surface area contributed by atoms with Crippen LogP contribution in [0.3, 0.4) is 0 Å². The highest BCUT2D eigenvalue weighted by molar-refractivity contribution is 7.12. The Hall–Kier alpha value is -1.88. The Labute approximate surface area is 108 Å². The molecule has 3 aromatic rings. The van der Waals surface area contributed by atoms with Gasteiger partial charge < -0.3 is 9.15 Å². The molecular formula is C13H12N2O2S. The van der Waals surface area contributed by atoms with Crippen LogP contribution in [0.4, 0.5) is 0 Å². The first kappa shape index (κ1) is 11.2. The first-order valence-corrected chi connectivity index (χ1v) is 6.57. The summed E-state index contributed by atoms with van der Waals surface area (Å²) >= 11 is 1.51. The Morgan fingerprint density at radius 2 is 2.22 bits per heavy atom. The maximum absolute atomic E-state index is 5.65. The summed E-state index contributed by atoms with van der Waals surface area (Å²) < 4.78 is 11.3. The number of rotatable bonds is 3. The van der Waals surface area contributed by atoms with Crippen LogP contribution >= 0.6 is 11.3 Å². The van der Waals surface area contributed by atoms with Gasteiger partial charge in [-0.05, 0) is 26.0 Å². The molecule has 4 nitrogen and oxygen atoms in total. The molecule has 0 bridgehead atoms. The van der Waals surface area contributed by atoms with Crippen molar-refractivity contribution in [3.8, 4) is 16.6 Å². The highest BCUT2D eigenvalue weighted by atomic mass is 32.1. The van der Waals surface area contributed by atoms with Crippen LogP contribution in [0.5, 0.6) is 5.75 Å². The third-order valence-corrected chi connectivity index (χ3v) is 3.11. The van der Waals surface area contributed by atoms with Crippen molar-refractivity contribution in [1.82, 2.24) is 9.97 Å². The molecule has 3 rings (SSSR count). The zero-order chi connectivity index (χ0) is 12.5. The van der Waals surface area contributed by atoms with Crippen LogP contribution < -0.4 is 4.74 Å². The Bertz CT molecular complexity index is 659. The van der Waals surface area contributed by atoms with Gasteiger partial charge in [0.2, 0.25) is 0 Å². The third-order valence-electron chi connectivity index (χ3n) is 2.35. The second-order valence-electron chi connectivity index (χ2n) is 4.15. The largest absolute Gasteiger partial charge is 0.491 e. The molecule has 0 atom stereocenters. The Kier molecular flexibility index (Phi) is 2.76. The van der Waals surface area contributed by atoms with Crippen molar-refractivity contribution in [2.24, 2.45) is 0 Å². The topological polar surface area (TPSA) is 48.2 Å². The van der Waals surface area contributed by atoms with Gasteiger partial charge in [-0.25, -0.2) is 9.97 Å². The van der Waals surface area contributed by atoms with Gasteiger partial charge in [-0.1, -0.05) is 0 Å². The Morgan fingerprint density at radius 3 is 2.94 bits per heavy atom. The zero-order valence-corrected chi connectivity index (χ0v) is 10.9. The number of benzene rings is 1. The van der Waals surface area contributed by atoms with E-state index in [1.807, 2.05) is 37.4 Å². The summed E-state index contributed by atoms with van der Waals surface area (Å²) in [6.07, 6.45) is 1.88. The smallest absolute Gasteiger partial charge is 0.256 e.